The van der Waals surface area contributed by atoms with E-state index in [-0.39, 0.29) is 23.8 Å². The highest BCUT2D eigenvalue weighted by Gasteiger charge is 2.35. The fourth-order valence-electron chi connectivity index (χ4n) is 1.73. The molecule has 4 nitrogen and oxygen atoms in total. The Balaban J connectivity index is 2.47. The summed E-state index contributed by atoms with van der Waals surface area (Å²) in [4.78, 5) is 24.9. The molecule has 0 spiro atoms. The van der Waals surface area contributed by atoms with Gasteiger partial charge in [-0.1, -0.05) is 0 Å². The smallest absolute Gasteiger partial charge is 0.225 e. The zero-order valence-electron chi connectivity index (χ0n) is 9.19. The number of nitrogens with one attached hydrogen (secondary N) is 1. The van der Waals surface area contributed by atoms with Gasteiger partial charge < -0.3 is 10.2 Å². The van der Waals surface area contributed by atoms with Crippen LogP contribution in [0.2, 0.25) is 0 Å². The van der Waals surface area contributed by atoms with Gasteiger partial charge in [0, 0.05) is 31.3 Å². The Bertz CT molecular complexity index is 256. The lowest BCUT2D eigenvalue weighted by Crippen LogP contribution is -2.36. The molecule has 2 amide bonds. The summed E-state index contributed by atoms with van der Waals surface area (Å²) in [6.45, 7) is 5.04. The van der Waals surface area contributed by atoms with Gasteiger partial charge in [0.1, 0.15) is 0 Å². The van der Waals surface area contributed by atoms with E-state index in [4.69, 9.17) is 0 Å². The molecule has 1 aliphatic heterocycles. The van der Waals surface area contributed by atoms with Crippen LogP contribution in [0.1, 0.15) is 20.3 Å². The van der Waals surface area contributed by atoms with Crippen LogP contribution in [0, 0.1) is 5.92 Å². The highest BCUT2D eigenvalue weighted by Crippen LogP contribution is 2.19. The first-order chi connectivity index (χ1) is 7.06. The third-order valence-electron chi connectivity index (χ3n) is 2.56. The van der Waals surface area contributed by atoms with Crippen LogP contribution >= 0.6 is 12.6 Å². The van der Waals surface area contributed by atoms with E-state index in [1.165, 1.54) is 0 Å². The van der Waals surface area contributed by atoms with Gasteiger partial charge in [-0.05, 0) is 13.8 Å². The van der Waals surface area contributed by atoms with Crippen LogP contribution < -0.4 is 5.32 Å². The van der Waals surface area contributed by atoms with Crippen LogP contribution in [0.25, 0.3) is 0 Å². The van der Waals surface area contributed by atoms with Crippen molar-refractivity contribution in [2.75, 3.05) is 18.8 Å². The van der Waals surface area contributed by atoms with Crippen molar-refractivity contribution < 1.29 is 9.59 Å². The summed E-state index contributed by atoms with van der Waals surface area (Å²) in [5.74, 6) is 0.497. The van der Waals surface area contributed by atoms with Gasteiger partial charge >= 0.3 is 0 Å². The second kappa shape index (κ2) is 5.39. The van der Waals surface area contributed by atoms with Gasteiger partial charge in [0.05, 0.1) is 5.92 Å². The first-order valence-corrected chi connectivity index (χ1v) is 5.87. The Morgan fingerprint density at radius 2 is 2.33 bits per heavy atom. The van der Waals surface area contributed by atoms with Crippen molar-refractivity contribution in [3.05, 3.63) is 0 Å². The molecule has 1 unspecified atom stereocenters. The maximum atomic E-state index is 11.6. The number of rotatable bonds is 4. The fraction of sp³-hybridized carbons (Fsp3) is 0.800. The van der Waals surface area contributed by atoms with Gasteiger partial charge in [0.25, 0.3) is 0 Å². The van der Waals surface area contributed by atoms with Crippen molar-refractivity contribution in [2.24, 2.45) is 5.92 Å². The number of thiol groups is 1. The molecule has 1 atom stereocenters. The van der Waals surface area contributed by atoms with Crippen LogP contribution in [0.5, 0.6) is 0 Å². The highest BCUT2D eigenvalue weighted by molar-refractivity contribution is 7.80. The summed E-state index contributed by atoms with van der Waals surface area (Å²) in [6, 6.07) is 0.181. The highest BCUT2D eigenvalue weighted by atomic mass is 32.1. The lowest BCUT2D eigenvalue weighted by molar-refractivity contribution is -0.129. The minimum absolute atomic E-state index is 0.0273. The van der Waals surface area contributed by atoms with E-state index in [0.29, 0.717) is 25.3 Å². The van der Waals surface area contributed by atoms with Gasteiger partial charge in [-0.3, -0.25) is 9.59 Å². The van der Waals surface area contributed by atoms with Crippen molar-refractivity contribution in [1.82, 2.24) is 10.2 Å². The molecule has 1 aliphatic rings. The Hall–Kier alpha value is -0.710. The zero-order valence-corrected chi connectivity index (χ0v) is 10.1. The van der Waals surface area contributed by atoms with Gasteiger partial charge in [-0.25, -0.2) is 0 Å². The van der Waals surface area contributed by atoms with E-state index in [2.05, 4.69) is 17.9 Å². The molecule has 1 saturated heterocycles. The number of carbonyl (C=O) groups is 2. The zero-order chi connectivity index (χ0) is 11.4. The van der Waals surface area contributed by atoms with E-state index < -0.39 is 0 Å². The summed E-state index contributed by atoms with van der Waals surface area (Å²) >= 11 is 4.01. The topological polar surface area (TPSA) is 49.4 Å². The van der Waals surface area contributed by atoms with E-state index in [9.17, 15) is 9.59 Å². The molecule has 5 heteroatoms. The Morgan fingerprint density at radius 1 is 1.67 bits per heavy atom. The maximum absolute atomic E-state index is 11.6. The third-order valence-corrected chi connectivity index (χ3v) is 2.79. The summed E-state index contributed by atoms with van der Waals surface area (Å²) in [6.07, 6.45) is 0.344. The molecule has 0 aliphatic carbocycles. The SMILES string of the molecule is CC(C)N1CC(C(=O)NCCS)CC1=O. The minimum Gasteiger partial charge on any atom is -0.355 e. The van der Waals surface area contributed by atoms with Crippen molar-refractivity contribution in [3.8, 4) is 0 Å². The molecule has 1 N–H and O–H groups in total. The monoisotopic (exact) mass is 230 g/mol. The number of likely N-dealkylation sites (tertiary alicyclic amines) is 1. The average molecular weight is 230 g/mol. The Kier molecular flexibility index (Phi) is 4.45. The van der Waals surface area contributed by atoms with Crippen LogP contribution in [0.3, 0.4) is 0 Å². The molecule has 0 bridgehead atoms. The van der Waals surface area contributed by atoms with E-state index in [1.807, 2.05) is 13.8 Å². The minimum atomic E-state index is -0.181. The molecule has 1 rings (SSSR count). The van der Waals surface area contributed by atoms with Crippen molar-refractivity contribution in [3.63, 3.8) is 0 Å². The lowest BCUT2D eigenvalue weighted by atomic mass is 10.1. The van der Waals surface area contributed by atoms with Crippen molar-refractivity contribution >= 4 is 24.4 Å². The molecule has 0 aromatic heterocycles. The summed E-state index contributed by atoms with van der Waals surface area (Å²) in [5.41, 5.74) is 0. The average Bonchev–Trinajstić information content (AvgIpc) is 2.56. The second-order valence-corrected chi connectivity index (χ2v) is 4.50. The Morgan fingerprint density at radius 3 is 2.80 bits per heavy atom. The molecule has 86 valence electrons. The molecule has 1 fully saturated rings. The molecule has 0 radical (unpaired) electrons. The predicted octanol–water partition coefficient (Wildman–Crippen LogP) is 0.289. The number of nitrogens with zero attached hydrogens (tertiary/aromatic N) is 1. The maximum Gasteiger partial charge on any atom is 0.225 e. The first-order valence-electron chi connectivity index (χ1n) is 5.24. The molecular weight excluding hydrogens is 212 g/mol. The normalized spacial score (nSPS) is 21.2. The predicted molar refractivity (Wildman–Crippen MR) is 61.8 cm³/mol. The molecule has 15 heavy (non-hydrogen) atoms. The van der Waals surface area contributed by atoms with E-state index in [0.717, 1.165) is 0 Å². The number of amides is 2. The molecule has 0 aromatic rings. The van der Waals surface area contributed by atoms with Crippen LogP contribution in [0.15, 0.2) is 0 Å². The van der Waals surface area contributed by atoms with Crippen LogP contribution in [0.4, 0.5) is 0 Å². The first kappa shape index (κ1) is 12.4. The largest absolute Gasteiger partial charge is 0.355 e. The molecule has 1 heterocycles. The fourth-order valence-corrected chi connectivity index (χ4v) is 1.84. The van der Waals surface area contributed by atoms with Crippen LogP contribution in [-0.4, -0.2) is 41.6 Å². The summed E-state index contributed by atoms with van der Waals surface area (Å²) in [5, 5.41) is 2.76. The van der Waals surface area contributed by atoms with E-state index >= 15 is 0 Å². The van der Waals surface area contributed by atoms with Crippen LogP contribution in [-0.2, 0) is 9.59 Å². The lowest BCUT2D eigenvalue weighted by Gasteiger charge is -2.20. The number of hydrogen-bond donors (Lipinski definition) is 2. The summed E-state index contributed by atoms with van der Waals surface area (Å²) < 4.78 is 0. The second-order valence-electron chi connectivity index (χ2n) is 4.06. The van der Waals surface area contributed by atoms with Gasteiger partial charge in [0.2, 0.25) is 11.8 Å². The van der Waals surface area contributed by atoms with Gasteiger partial charge in [-0.15, -0.1) is 0 Å². The van der Waals surface area contributed by atoms with E-state index in [1.54, 1.807) is 4.90 Å². The standard InChI is InChI=1S/C10H18N2O2S/c1-7(2)12-6-8(5-9(12)13)10(14)11-3-4-15/h7-8,15H,3-6H2,1-2H3,(H,11,14). The molecule has 0 saturated carbocycles. The van der Waals surface area contributed by atoms with Crippen molar-refractivity contribution in [1.29, 1.82) is 0 Å². The molecule has 0 aromatic carbocycles. The summed E-state index contributed by atoms with van der Waals surface area (Å²) in [7, 11) is 0. The van der Waals surface area contributed by atoms with Gasteiger partial charge in [0.15, 0.2) is 0 Å². The van der Waals surface area contributed by atoms with Gasteiger partial charge in [-0.2, -0.15) is 12.6 Å². The third kappa shape index (κ3) is 3.12. The number of hydrogen-bond acceptors (Lipinski definition) is 3. The quantitative estimate of drug-likeness (QED) is 0.682. The molecular formula is C10H18N2O2S. The Labute approximate surface area is 95.8 Å². The number of carbonyl (C=O) groups excluding carboxylic acids is 2. The van der Waals surface area contributed by atoms with Crippen molar-refractivity contribution in [2.45, 2.75) is 26.3 Å².